The number of aromatic nitrogens is 1. The van der Waals surface area contributed by atoms with E-state index in [9.17, 15) is 4.79 Å². The summed E-state index contributed by atoms with van der Waals surface area (Å²) >= 11 is 1.22. The van der Waals surface area contributed by atoms with Crippen LogP contribution in [0.5, 0.6) is 11.5 Å². The van der Waals surface area contributed by atoms with Crippen LogP contribution in [0, 0.1) is 6.92 Å². The summed E-state index contributed by atoms with van der Waals surface area (Å²) in [5.41, 5.74) is 1.65. The van der Waals surface area contributed by atoms with Gasteiger partial charge in [-0.3, -0.25) is 4.79 Å². The van der Waals surface area contributed by atoms with Crippen molar-refractivity contribution < 1.29 is 28.5 Å². The fraction of sp³-hybridized carbons (Fsp3) is 0.375. The van der Waals surface area contributed by atoms with Gasteiger partial charge in [-0.2, -0.15) is 0 Å². The first kappa shape index (κ1) is 16.7. The Kier molecular flexibility index (Phi) is 5.27. The van der Waals surface area contributed by atoms with Gasteiger partial charge in [-0.05, 0) is 25.1 Å². The molecule has 7 nitrogen and oxygen atoms in total. The van der Waals surface area contributed by atoms with Gasteiger partial charge in [0, 0.05) is 12.0 Å². The van der Waals surface area contributed by atoms with Crippen molar-refractivity contribution >= 4 is 17.7 Å². The second kappa shape index (κ2) is 7.59. The SMILES string of the molecule is Cc1oc(-c2ccc3c(c2)OCO3)nc1CCOCSCC(=O)O. The highest BCUT2D eigenvalue weighted by atomic mass is 32.2. The Morgan fingerprint density at radius 2 is 2.21 bits per heavy atom. The van der Waals surface area contributed by atoms with E-state index in [1.165, 1.54) is 11.8 Å². The Morgan fingerprint density at radius 3 is 3.04 bits per heavy atom. The van der Waals surface area contributed by atoms with Gasteiger partial charge >= 0.3 is 5.97 Å². The lowest BCUT2D eigenvalue weighted by atomic mass is 10.2. The van der Waals surface area contributed by atoms with Crippen molar-refractivity contribution in [2.45, 2.75) is 13.3 Å². The summed E-state index contributed by atoms with van der Waals surface area (Å²) in [4.78, 5) is 14.9. The van der Waals surface area contributed by atoms with Crippen LogP contribution in [0.3, 0.4) is 0 Å². The summed E-state index contributed by atoms with van der Waals surface area (Å²) in [6, 6.07) is 5.55. The highest BCUT2D eigenvalue weighted by Crippen LogP contribution is 2.36. The number of oxazole rings is 1. The molecule has 0 fully saturated rings. The number of carboxylic acids is 1. The van der Waals surface area contributed by atoms with Crippen LogP contribution in [0.4, 0.5) is 0 Å². The topological polar surface area (TPSA) is 91.0 Å². The third-order valence-electron chi connectivity index (χ3n) is 3.39. The first-order valence-electron chi connectivity index (χ1n) is 7.37. The maximum atomic E-state index is 10.4. The molecule has 3 rings (SSSR count). The van der Waals surface area contributed by atoms with Crippen molar-refractivity contribution in [2.24, 2.45) is 0 Å². The van der Waals surface area contributed by atoms with E-state index >= 15 is 0 Å². The van der Waals surface area contributed by atoms with Gasteiger partial charge in [0.1, 0.15) is 5.76 Å². The number of hydrogen-bond acceptors (Lipinski definition) is 7. The largest absolute Gasteiger partial charge is 0.481 e. The van der Waals surface area contributed by atoms with E-state index in [2.05, 4.69) is 4.98 Å². The second-order valence-corrected chi connectivity index (χ2v) is 6.04. The lowest BCUT2D eigenvalue weighted by Crippen LogP contribution is -2.03. The van der Waals surface area contributed by atoms with Crippen LogP contribution >= 0.6 is 11.8 Å². The third-order valence-corrected chi connectivity index (χ3v) is 4.17. The fourth-order valence-corrected chi connectivity index (χ4v) is 2.72. The van der Waals surface area contributed by atoms with Crippen LogP contribution in [0.1, 0.15) is 11.5 Å². The smallest absolute Gasteiger partial charge is 0.313 e. The van der Waals surface area contributed by atoms with Gasteiger partial charge in [-0.25, -0.2) is 4.98 Å². The molecule has 1 aromatic carbocycles. The highest BCUT2D eigenvalue weighted by Gasteiger charge is 2.17. The van der Waals surface area contributed by atoms with E-state index in [1.54, 1.807) is 0 Å². The van der Waals surface area contributed by atoms with Crippen molar-refractivity contribution in [3.8, 4) is 23.0 Å². The third kappa shape index (κ3) is 4.01. The molecule has 0 saturated carbocycles. The molecule has 0 amide bonds. The molecule has 2 aromatic rings. The van der Waals surface area contributed by atoms with Gasteiger partial charge in [-0.15, -0.1) is 11.8 Å². The number of benzene rings is 1. The number of thioether (sulfide) groups is 1. The molecule has 0 aliphatic carbocycles. The molecule has 1 aliphatic heterocycles. The number of aryl methyl sites for hydroxylation is 1. The monoisotopic (exact) mass is 351 g/mol. The van der Waals surface area contributed by atoms with Gasteiger partial charge in [0.15, 0.2) is 11.5 Å². The average Bonchev–Trinajstić information content (AvgIpc) is 3.16. The number of nitrogens with zero attached hydrogens (tertiary/aromatic N) is 1. The summed E-state index contributed by atoms with van der Waals surface area (Å²) in [6.07, 6.45) is 0.605. The van der Waals surface area contributed by atoms with Gasteiger partial charge < -0.3 is 23.7 Å². The minimum absolute atomic E-state index is 0.0389. The molecular formula is C16H17NO6S. The first-order valence-corrected chi connectivity index (χ1v) is 8.52. The van der Waals surface area contributed by atoms with E-state index in [0.717, 1.165) is 22.8 Å². The fourth-order valence-electron chi connectivity index (χ4n) is 2.23. The molecule has 1 aliphatic rings. The number of rotatable bonds is 8. The lowest BCUT2D eigenvalue weighted by molar-refractivity contribution is -0.133. The van der Waals surface area contributed by atoms with Crippen LogP contribution in [0.2, 0.25) is 0 Å². The minimum Gasteiger partial charge on any atom is -0.481 e. The number of carbonyl (C=O) groups is 1. The van der Waals surface area contributed by atoms with E-state index in [1.807, 2.05) is 25.1 Å². The van der Waals surface area contributed by atoms with E-state index in [0.29, 0.717) is 30.6 Å². The first-order chi connectivity index (χ1) is 11.6. The van der Waals surface area contributed by atoms with Crippen LogP contribution in [-0.2, 0) is 16.0 Å². The molecule has 0 saturated heterocycles. The Bertz CT molecular complexity index is 729. The quantitative estimate of drug-likeness (QED) is 0.573. The van der Waals surface area contributed by atoms with Crippen molar-refractivity contribution in [3.63, 3.8) is 0 Å². The molecule has 0 radical (unpaired) electrons. The molecule has 128 valence electrons. The standard InChI is InChI=1S/C16H17NO6S/c1-10-12(4-5-20-9-24-7-15(18)19)17-16(23-10)11-2-3-13-14(6-11)22-8-21-13/h2-3,6H,4-5,7-9H2,1H3,(H,18,19). The molecule has 1 N–H and O–H groups in total. The van der Waals surface area contributed by atoms with Crippen LogP contribution in [0.25, 0.3) is 11.5 Å². The molecule has 8 heteroatoms. The Hall–Kier alpha value is -2.19. The Balaban J connectivity index is 1.56. The van der Waals surface area contributed by atoms with Crippen molar-refractivity contribution in [1.82, 2.24) is 4.98 Å². The normalized spacial score (nSPS) is 12.5. The van der Waals surface area contributed by atoms with Crippen molar-refractivity contribution in [2.75, 3.05) is 25.1 Å². The van der Waals surface area contributed by atoms with Crippen LogP contribution in [-0.4, -0.2) is 41.2 Å². The Morgan fingerprint density at radius 1 is 1.38 bits per heavy atom. The summed E-state index contributed by atoms with van der Waals surface area (Å²) in [5.74, 6) is 2.21. The Labute approximate surface area is 142 Å². The van der Waals surface area contributed by atoms with E-state index < -0.39 is 5.97 Å². The number of fused-ring (bicyclic) bond motifs is 1. The number of hydrogen-bond donors (Lipinski definition) is 1. The van der Waals surface area contributed by atoms with Crippen LogP contribution in [0.15, 0.2) is 22.6 Å². The maximum absolute atomic E-state index is 10.4. The predicted octanol–water partition coefficient (Wildman–Crippen LogP) is 2.71. The molecule has 0 bridgehead atoms. The average molecular weight is 351 g/mol. The summed E-state index contributed by atoms with van der Waals surface area (Å²) in [5, 5.41) is 8.54. The van der Waals surface area contributed by atoms with Gasteiger partial charge in [0.2, 0.25) is 12.7 Å². The zero-order valence-electron chi connectivity index (χ0n) is 13.1. The second-order valence-electron chi connectivity index (χ2n) is 5.11. The summed E-state index contributed by atoms with van der Waals surface area (Å²) in [6.45, 7) is 2.55. The minimum atomic E-state index is -0.843. The molecule has 0 unspecified atom stereocenters. The molecule has 0 atom stereocenters. The lowest BCUT2D eigenvalue weighted by Gasteiger charge is -2.01. The molecule has 0 spiro atoms. The zero-order valence-corrected chi connectivity index (χ0v) is 13.9. The number of aliphatic carboxylic acids is 1. The maximum Gasteiger partial charge on any atom is 0.313 e. The highest BCUT2D eigenvalue weighted by molar-refractivity contribution is 7.99. The van der Waals surface area contributed by atoms with Gasteiger partial charge in [0.25, 0.3) is 0 Å². The summed E-state index contributed by atoms with van der Waals surface area (Å²) in [7, 11) is 0. The van der Waals surface area contributed by atoms with Crippen molar-refractivity contribution in [3.05, 3.63) is 29.7 Å². The molecule has 2 heterocycles. The van der Waals surface area contributed by atoms with Crippen molar-refractivity contribution in [1.29, 1.82) is 0 Å². The van der Waals surface area contributed by atoms with E-state index in [4.69, 9.17) is 23.7 Å². The zero-order chi connectivity index (χ0) is 16.9. The molecular weight excluding hydrogens is 334 g/mol. The van der Waals surface area contributed by atoms with E-state index in [-0.39, 0.29) is 12.5 Å². The number of ether oxygens (including phenoxy) is 3. The van der Waals surface area contributed by atoms with Gasteiger partial charge in [0.05, 0.1) is 24.0 Å². The number of carboxylic acid groups (broad SMARTS) is 1. The van der Waals surface area contributed by atoms with Crippen LogP contribution < -0.4 is 9.47 Å². The molecule has 24 heavy (non-hydrogen) atoms. The van der Waals surface area contributed by atoms with Gasteiger partial charge in [-0.1, -0.05) is 0 Å². The predicted molar refractivity (Wildman–Crippen MR) is 87.4 cm³/mol. The summed E-state index contributed by atoms with van der Waals surface area (Å²) < 4.78 is 21.8. The molecule has 1 aromatic heterocycles.